The van der Waals surface area contributed by atoms with E-state index in [0.29, 0.717) is 12.4 Å². The van der Waals surface area contributed by atoms with Crippen LogP contribution in [0.25, 0.3) is 0 Å². The first-order chi connectivity index (χ1) is 14.1. The quantitative estimate of drug-likeness (QED) is 0.172. The van der Waals surface area contributed by atoms with E-state index in [9.17, 15) is 4.79 Å². The van der Waals surface area contributed by atoms with E-state index in [-0.39, 0.29) is 25.0 Å². The summed E-state index contributed by atoms with van der Waals surface area (Å²) >= 11 is 5.78. The minimum absolute atomic E-state index is 0.0222. The maximum Gasteiger partial charge on any atom is 0.222 e. The first kappa shape index (κ1) is 25.7. The van der Waals surface area contributed by atoms with Crippen LogP contribution in [0.4, 0.5) is 5.69 Å². The van der Waals surface area contributed by atoms with Crippen LogP contribution < -0.4 is 21.0 Å². The second-order valence-electron chi connectivity index (χ2n) is 7.10. The molecule has 0 saturated heterocycles. The summed E-state index contributed by atoms with van der Waals surface area (Å²) in [5.41, 5.74) is 5.44. The minimum atomic E-state index is -0.130. The second kappa shape index (κ2) is 16.4. The molecule has 0 saturated carbocycles. The summed E-state index contributed by atoms with van der Waals surface area (Å²) in [4.78, 5) is 18.9. The molecular weight excluding hydrogens is 392 g/mol. The highest BCUT2D eigenvalue weighted by Gasteiger charge is 2.04. The molecule has 29 heavy (non-hydrogen) atoms. The van der Waals surface area contributed by atoms with Crippen LogP contribution in [0.3, 0.4) is 0 Å². The molecule has 0 aliphatic rings. The maximum absolute atomic E-state index is 11.2. The van der Waals surface area contributed by atoms with Crippen molar-refractivity contribution in [2.45, 2.75) is 45.3 Å². The molecule has 0 aromatic heterocycles. The van der Waals surface area contributed by atoms with E-state index in [0.717, 1.165) is 45.4 Å². The molecule has 4 N–H and O–H groups in total. The van der Waals surface area contributed by atoms with Gasteiger partial charge in [0.25, 0.3) is 0 Å². The molecule has 1 unspecified atom stereocenters. The number of carbonyl (C=O) groups is 1. The van der Waals surface area contributed by atoms with Crippen molar-refractivity contribution in [2.24, 2.45) is 0 Å². The predicted molar refractivity (Wildman–Crippen MR) is 119 cm³/mol. The molecule has 0 spiro atoms. The third-order valence-corrected chi connectivity index (χ3v) is 4.67. The van der Waals surface area contributed by atoms with Crippen LogP contribution in [0.1, 0.15) is 38.2 Å². The van der Waals surface area contributed by atoms with Crippen molar-refractivity contribution >= 4 is 23.2 Å². The first-order valence-electron chi connectivity index (χ1n) is 10.4. The summed E-state index contributed by atoms with van der Waals surface area (Å²) < 4.78 is 0. The van der Waals surface area contributed by atoms with Crippen LogP contribution in [0.2, 0.25) is 0 Å². The molecule has 1 rings (SSSR count). The lowest BCUT2D eigenvalue weighted by atomic mass is 10.2. The fraction of sp³-hybridized carbons (Fsp3) is 0.667. The number of halogens is 1. The SMILES string of the molecule is CC(CCNC(=O)CCO)ONCCCCNCc1ccc(N(C)CCCl)cc1. The summed E-state index contributed by atoms with van der Waals surface area (Å²) in [6, 6.07) is 8.56. The van der Waals surface area contributed by atoms with Gasteiger partial charge in [0.2, 0.25) is 5.91 Å². The molecule has 0 radical (unpaired) electrons. The van der Waals surface area contributed by atoms with Gasteiger partial charge < -0.3 is 20.6 Å². The smallest absolute Gasteiger partial charge is 0.222 e. The Kier molecular flexibility index (Phi) is 14.5. The Morgan fingerprint density at radius 3 is 2.62 bits per heavy atom. The second-order valence-corrected chi connectivity index (χ2v) is 7.47. The molecule has 0 heterocycles. The molecule has 1 amide bonds. The number of aliphatic hydroxyl groups is 1. The maximum atomic E-state index is 11.2. The molecular formula is C21H37ClN4O3. The van der Waals surface area contributed by atoms with Gasteiger partial charge in [-0.3, -0.25) is 9.63 Å². The van der Waals surface area contributed by atoms with Gasteiger partial charge >= 0.3 is 0 Å². The number of carbonyl (C=O) groups excluding carboxylic acids is 1. The van der Waals surface area contributed by atoms with Crippen LogP contribution in [0.5, 0.6) is 0 Å². The van der Waals surface area contributed by atoms with Crippen molar-refractivity contribution in [1.29, 1.82) is 0 Å². The number of hydrogen-bond acceptors (Lipinski definition) is 6. The number of amides is 1. The lowest BCUT2D eigenvalue weighted by Gasteiger charge is -2.18. The largest absolute Gasteiger partial charge is 0.396 e. The van der Waals surface area contributed by atoms with E-state index in [1.807, 2.05) is 14.0 Å². The van der Waals surface area contributed by atoms with Gasteiger partial charge in [-0.1, -0.05) is 12.1 Å². The summed E-state index contributed by atoms with van der Waals surface area (Å²) in [6.45, 7) is 5.86. The standard InChI is InChI=1S/C21H37ClN4O3/c1-18(9-14-24-21(28)10-16-27)29-25-13-4-3-12-23-17-19-5-7-20(8-6-19)26(2)15-11-22/h5-8,18,23,25,27H,3-4,9-17H2,1-2H3,(H,24,28). The van der Waals surface area contributed by atoms with Gasteiger partial charge in [-0.2, -0.15) is 0 Å². The van der Waals surface area contributed by atoms with Crippen LogP contribution in [-0.4, -0.2) is 62.8 Å². The monoisotopic (exact) mass is 428 g/mol. The van der Waals surface area contributed by atoms with Gasteiger partial charge in [-0.25, -0.2) is 5.48 Å². The fourth-order valence-electron chi connectivity index (χ4n) is 2.67. The molecule has 0 fully saturated rings. The number of benzene rings is 1. The average molecular weight is 429 g/mol. The van der Waals surface area contributed by atoms with Gasteiger partial charge in [-0.15, -0.1) is 11.6 Å². The van der Waals surface area contributed by atoms with Gasteiger partial charge in [-0.05, 0) is 50.4 Å². The predicted octanol–water partition coefficient (Wildman–Crippen LogP) is 2.03. The molecule has 1 aromatic rings. The number of nitrogens with one attached hydrogen (secondary N) is 3. The number of nitrogens with zero attached hydrogens (tertiary/aromatic N) is 1. The zero-order valence-corrected chi connectivity index (χ0v) is 18.5. The van der Waals surface area contributed by atoms with E-state index in [1.165, 1.54) is 11.3 Å². The van der Waals surface area contributed by atoms with Gasteiger partial charge in [0.1, 0.15) is 0 Å². The molecule has 0 bridgehead atoms. The van der Waals surface area contributed by atoms with Gasteiger partial charge in [0.05, 0.1) is 12.7 Å². The topological polar surface area (TPSA) is 85.9 Å². The number of rotatable bonds is 17. The first-order valence-corrected chi connectivity index (χ1v) is 10.9. The van der Waals surface area contributed by atoms with Crippen LogP contribution >= 0.6 is 11.6 Å². The molecule has 7 nitrogen and oxygen atoms in total. The van der Waals surface area contributed by atoms with Crippen molar-refractivity contribution in [1.82, 2.24) is 16.1 Å². The lowest BCUT2D eigenvalue weighted by Crippen LogP contribution is -2.30. The number of alkyl halides is 1. The molecule has 166 valence electrons. The normalized spacial score (nSPS) is 12.0. The van der Waals surface area contributed by atoms with Gasteiger partial charge in [0, 0.05) is 51.2 Å². The van der Waals surface area contributed by atoms with Crippen LogP contribution in [0.15, 0.2) is 24.3 Å². The van der Waals surface area contributed by atoms with Crippen molar-refractivity contribution in [3.63, 3.8) is 0 Å². The van der Waals surface area contributed by atoms with E-state index in [2.05, 4.69) is 45.3 Å². The van der Waals surface area contributed by atoms with Crippen LogP contribution in [-0.2, 0) is 16.2 Å². The third kappa shape index (κ3) is 12.7. The van der Waals surface area contributed by atoms with Crippen LogP contribution in [0, 0.1) is 0 Å². The molecule has 0 aliphatic carbocycles. The van der Waals surface area contributed by atoms with E-state index in [1.54, 1.807) is 0 Å². The number of hydroxylamine groups is 1. The Balaban J connectivity index is 1.98. The van der Waals surface area contributed by atoms with E-state index in [4.69, 9.17) is 21.5 Å². The lowest BCUT2D eigenvalue weighted by molar-refractivity contribution is -0.121. The zero-order valence-electron chi connectivity index (χ0n) is 17.8. The highest BCUT2D eigenvalue weighted by Crippen LogP contribution is 2.13. The summed E-state index contributed by atoms with van der Waals surface area (Å²) in [5, 5.41) is 14.9. The fourth-order valence-corrected chi connectivity index (χ4v) is 2.92. The van der Waals surface area contributed by atoms with E-state index >= 15 is 0 Å². The Hall–Kier alpha value is -1.38. The Morgan fingerprint density at radius 2 is 1.93 bits per heavy atom. The number of anilines is 1. The third-order valence-electron chi connectivity index (χ3n) is 4.50. The number of unbranched alkanes of at least 4 members (excludes halogenated alkanes) is 1. The molecule has 1 aromatic carbocycles. The highest BCUT2D eigenvalue weighted by atomic mass is 35.5. The van der Waals surface area contributed by atoms with Crippen molar-refractivity contribution in [2.75, 3.05) is 50.6 Å². The molecule has 0 aliphatic heterocycles. The van der Waals surface area contributed by atoms with Gasteiger partial charge in [0.15, 0.2) is 0 Å². The van der Waals surface area contributed by atoms with E-state index < -0.39 is 0 Å². The molecule has 1 atom stereocenters. The summed E-state index contributed by atoms with van der Waals surface area (Å²) in [6.07, 6.45) is 2.99. The van der Waals surface area contributed by atoms with Crippen molar-refractivity contribution < 1.29 is 14.7 Å². The van der Waals surface area contributed by atoms with Crippen molar-refractivity contribution in [3.8, 4) is 0 Å². The molecule has 8 heteroatoms. The highest BCUT2D eigenvalue weighted by molar-refractivity contribution is 6.18. The Morgan fingerprint density at radius 1 is 1.21 bits per heavy atom. The Bertz CT molecular complexity index is 545. The summed E-state index contributed by atoms with van der Waals surface area (Å²) in [7, 11) is 2.05. The number of hydrogen-bond donors (Lipinski definition) is 4. The average Bonchev–Trinajstić information content (AvgIpc) is 2.71. The van der Waals surface area contributed by atoms with Crippen molar-refractivity contribution in [3.05, 3.63) is 29.8 Å². The zero-order chi connectivity index (χ0) is 21.3. The Labute approximate surface area is 180 Å². The summed E-state index contributed by atoms with van der Waals surface area (Å²) in [5.74, 6) is 0.497. The number of aliphatic hydroxyl groups excluding tert-OH is 1. The minimum Gasteiger partial charge on any atom is -0.396 e.